The van der Waals surface area contributed by atoms with E-state index in [1.54, 1.807) is 7.11 Å². The van der Waals surface area contributed by atoms with Gasteiger partial charge in [0.2, 0.25) is 5.91 Å². The molecule has 1 saturated heterocycles. The van der Waals surface area contributed by atoms with Gasteiger partial charge in [0, 0.05) is 26.7 Å². The Morgan fingerprint density at radius 2 is 2.20 bits per heavy atom. The van der Waals surface area contributed by atoms with Crippen molar-refractivity contribution in [3.63, 3.8) is 0 Å². The molecule has 0 aliphatic carbocycles. The molecule has 0 unspecified atom stereocenters. The molecule has 20 heavy (non-hydrogen) atoms. The van der Waals surface area contributed by atoms with Crippen LogP contribution in [0.25, 0.3) is 0 Å². The summed E-state index contributed by atoms with van der Waals surface area (Å²) >= 11 is 0. The van der Waals surface area contributed by atoms with Crippen molar-refractivity contribution in [2.24, 2.45) is 4.99 Å². The van der Waals surface area contributed by atoms with Crippen molar-refractivity contribution in [3.05, 3.63) is 0 Å². The van der Waals surface area contributed by atoms with E-state index < -0.39 is 0 Å². The lowest BCUT2D eigenvalue weighted by atomic mass is 10.5. The lowest BCUT2D eigenvalue weighted by Crippen LogP contribution is -2.43. The Morgan fingerprint density at radius 3 is 2.75 bits per heavy atom. The van der Waals surface area contributed by atoms with Gasteiger partial charge in [0.25, 0.3) is 0 Å². The molecular weight excluding hydrogens is 377 g/mol. The number of rotatable bonds is 7. The summed E-state index contributed by atoms with van der Waals surface area (Å²) in [6, 6.07) is -0.340. The monoisotopic (exact) mass is 399 g/mol. The molecule has 0 aromatic rings. The lowest BCUT2D eigenvalue weighted by molar-refractivity contribution is -0.124. The van der Waals surface area contributed by atoms with Crippen LogP contribution in [0.2, 0.25) is 0 Å². The normalized spacial score (nSPS) is 14.9. The third-order valence-corrected chi connectivity index (χ3v) is 2.47. The largest absolute Gasteiger partial charge is 0.383 e. The van der Waals surface area contributed by atoms with Crippen LogP contribution < -0.4 is 16.0 Å². The number of nitrogens with one attached hydrogen (secondary N) is 3. The van der Waals surface area contributed by atoms with E-state index in [-0.39, 0.29) is 42.5 Å². The summed E-state index contributed by atoms with van der Waals surface area (Å²) < 4.78 is 4.92. The van der Waals surface area contributed by atoms with Crippen LogP contribution in [0.15, 0.2) is 4.99 Å². The molecule has 0 radical (unpaired) electrons. The average molecular weight is 399 g/mol. The Labute approximate surface area is 135 Å². The maximum atomic E-state index is 11.3. The van der Waals surface area contributed by atoms with Gasteiger partial charge in [-0.25, -0.2) is 4.79 Å². The number of hydrogen-bond donors (Lipinski definition) is 3. The SMILES string of the molecule is CCNC(=NCCOC)NCCN1C(=O)CNC1=O.I. The second-order valence-corrected chi connectivity index (χ2v) is 3.88. The van der Waals surface area contributed by atoms with Gasteiger partial charge in [-0.3, -0.25) is 14.7 Å². The minimum Gasteiger partial charge on any atom is -0.383 e. The van der Waals surface area contributed by atoms with E-state index in [1.807, 2.05) is 6.92 Å². The van der Waals surface area contributed by atoms with Crippen molar-refractivity contribution in [2.75, 3.05) is 46.4 Å². The first-order valence-electron chi connectivity index (χ1n) is 6.28. The van der Waals surface area contributed by atoms with Gasteiger partial charge in [0.05, 0.1) is 19.7 Å². The minimum atomic E-state index is -0.340. The van der Waals surface area contributed by atoms with Gasteiger partial charge in [0.1, 0.15) is 0 Å². The molecule has 0 spiro atoms. The highest BCUT2D eigenvalue weighted by Crippen LogP contribution is 1.96. The first-order valence-corrected chi connectivity index (χ1v) is 6.28. The average Bonchev–Trinajstić information content (AvgIpc) is 2.70. The number of carbonyl (C=O) groups excluding carboxylic acids is 2. The summed E-state index contributed by atoms with van der Waals surface area (Å²) in [5.41, 5.74) is 0. The Bertz CT molecular complexity index is 335. The summed E-state index contributed by atoms with van der Waals surface area (Å²) in [5, 5.41) is 8.60. The number of ether oxygens (including phenoxy) is 1. The van der Waals surface area contributed by atoms with Gasteiger partial charge in [0.15, 0.2) is 5.96 Å². The van der Waals surface area contributed by atoms with Gasteiger partial charge in [-0.05, 0) is 6.92 Å². The molecular formula is C11H22IN5O3. The van der Waals surface area contributed by atoms with Crippen LogP contribution >= 0.6 is 24.0 Å². The summed E-state index contributed by atoms with van der Waals surface area (Å²) in [7, 11) is 1.62. The molecule has 1 aliphatic rings. The van der Waals surface area contributed by atoms with Crippen LogP contribution in [-0.2, 0) is 9.53 Å². The van der Waals surface area contributed by atoms with Crippen LogP contribution in [0.1, 0.15) is 6.92 Å². The molecule has 3 amide bonds. The zero-order chi connectivity index (χ0) is 14.1. The van der Waals surface area contributed by atoms with Crippen molar-refractivity contribution in [3.8, 4) is 0 Å². The predicted molar refractivity (Wildman–Crippen MR) is 86.4 cm³/mol. The number of guanidine groups is 1. The van der Waals surface area contributed by atoms with E-state index >= 15 is 0 Å². The fraction of sp³-hybridized carbons (Fsp3) is 0.727. The van der Waals surface area contributed by atoms with Crippen LogP contribution in [-0.4, -0.2) is 69.2 Å². The van der Waals surface area contributed by atoms with Crippen LogP contribution in [0.4, 0.5) is 4.79 Å². The standard InChI is InChI=1S/C11H21N5O3.HI/c1-3-12-10(14-5-7-19-2)13-4-6-16-9(17)8-15-11(16)18;/h3-8H2,1-2H3,(H,15,18)(H2,12,13,14);1H. The van der Waals surface area contributed by atoms with E-state index in [0.29, 0.717) is 32.2 Å². The molecule has 8 nitrogen and oxygen atoms in total. The number of imide groups is 1. The molecule has 9 heteroatoms. The highest BCUT2D eigenvalue weighted by atomic mass is 127. The lowest BCUT2D eigenvalue weighted by Gasteiger charge is -2.15. The smallest absolute Gasteiger partial charge is 0.324 e. The number of aliphatic imine (C=N–C) groups is 1. The molecule has 0 saturated carbocycles. The number of nitrogens with zero attached hydrogens (tertiary/aromatic N) is 2. The second kappa shape index (κ2) is 10.7. The quantitative estimate of drug-likeness (QED) is 0.174. The summed E-state index contributed by atoms with van der Waals surface area (Å²) in [6.07, 6.45) is 0. The third-order valence-electron chi connectivity index (χ3n) is 2.47. The Kier molecular flexibility index (Phi) is 10.1. The van der Waals surface area contributed by atoms with Gasteiger partial charge >= 0.3 is 6.03 Å². The molecule has 116 valence electrons. The van der Waals surface area contributed by atoms with E-state index in [4.69, 9.17) is 4.74 Å². The van der Waals surface area contributed by atoms with Crippen molar-refractivity contribution in [1.82, 2.24) is 20.9 Å². The second-order valence-electron chi connectivity index (χ2n) is 3.88. The van der Waals surface area contributed by atoms with Gasteiger partial charge < -0.3 is 20.7 Å². The summed E-state index contributed by atoms with van der Waals surface area (Å²) in [6.45, 7) is 4.66. The zero-order valence-electron chi connectivity index (χ0n) is 11.8. The maximum Gasteiger partial charge on any atom is 0.324 e. The van der Waals surface area contributed by atoms with Crippen molar-refractivity contribution in [1.29, 1.82) is 0 Å². The molecule has 3 N–H and O–H groups in total. The minimum absolute atomic E-state index is 0. The number of methoxy groups -OCH3 is 1. The first kappa shape index (κ1) is 18.9. The highest BCUT2D eigenvalue weighted by molar-refractivity contribution is 14.0. The van der Waals surface area contributed by atoms with E-state index in [1.165, 1.54) is 4.90 Å². The molecule has 0 bridgehead atoms. The number of halogens is 1. The van der Waals surface area contributed by atoms with Crippen molar-refractivity contribution >= 4 is 41.9 Å². The molecule has 0 aromatic carbocycles. The fourth-order valence-electron chi connectivity index (χ4n) is 1.56. The Hall–Kier alpha value is -1.10. The topological polar surface area (TPSA) is 95.1 Å². The van der Waals surface area contributed by atoms with Crippen molar-refractivity contribution < 1.29 is 14.3 Å². The van der Waals surface area contributed by atoms with E-state index in [0.717, 1.165) is 6.54 Å². The predicted octanol–water partition coefficient (Wildman–Crippen LogP) is -0.642. The molecule has 1 fully saturated rings. The van der Waals surface area contributed by atoms with Crippen LogP contribution in [0.5, 0.6) is 0 Å². The highest BCUT2D eigenvalue weighted by Gasteiger charge is 2.27. The number of carbonyl (C=O) groups is 2. The van der Waals surface area contributed by atoms with Gasteiger partial charge in [-0.15, -0.1) is 24.0 Å². The Morgan fingerprint density at radius 1 is 1.45 bits per heavy atom. The Balaban J connectivity index is 0.00000361. The van der Waals surface area contributed by atoms with Crippen LogP contribution in [0, 0.1) is 0 Å². The number of hydrogen-bond acceptors (Lipinski definition) is 4. The van der Waals surface area contributed by atoms with E-state index in [9.17, 15) is 9.59 Å². The van der Waals surface area contributed by atoms with Crippen LogP contribution in [0.3, 0.4) is 0 Å². The molecule has 1 aliphatic heterocycles. The van der Waals surface area contributed by atoms with E-state index in [2.05, 4.69) is 20.9 Å². The zero-order valence-corrected chi connectivity index (χ0v) is 14.1. The molecule has 1 heterocycles. The fourth-order valence-corrected chi connectivity index (χ4v) is 1.56. The first-order chi connectivity index (χ1) is 9.19. The molecule has 0 atom stereocenters. The number of amides is 3. The molecule has 1 rings (SSSR count). The summed E-state index contributed by atoms with van der Waals surface area (Å²) in [5.74, 6) is 0.444. The third kappa shape index (κ3) is 6.37. The summed E-state index contributed by atoms with van der Waals surface area (Å²) in [4.78, 5) is 28.1. The number of urea groups is 1. The molecule has 0 aromatic heterocycles. The van der Waals surface area contributed by atoms with Crippen molar-refractivity contribution in [2.45, 2.75) is 6.92 Å². The van der Waals surface area contributed by atoms with Gasteiger partial charge in [-0.1, -0.05) is 0 Å². The van der Waals surface area contributed by atoms with Gasteiger partial charge in [-0.2, -0.15) is 0 Å². The maximum absolute atomic E-state index is 11.3.